The van der Waals surface area contributed by atoms with Crippen molar-refractivity contribution in [3.05, 3.63) is 46.7 Å². The Bertz CT molecular complexity index is 591. The minimum absolute atomic E-state index is 0.231. The average molecular weight is 332 g/mol. The SMILES string of the molecule is N#CCNc1cc(NCCc2ccc(Br)cc2)ncn1. The molecular weight excluding hydrogens is 318 g/mol. The number of nitriles is 1. The maximum Gasteiger partial charge on any atom is 0.132 e. The largest absolute Gasteiger partial charge is 0.370 e. The lowest BCUT2D eigenvalue weighted by Gasteiger charge is -2.07. The van der Waals surface area contributed by atoms with Crippen molar-refractivity contribution in [3.8, 4) is 6.07 Å². The second-order valence-corrected chi connectivity index (χ2v) is 5.02. The van der Waals surface area contributed by atoms with Crippen molar-refractivity contribution in [2.45, 2.75) is 6.42 Å². The highest BCUT2D eigenvalue weighted by molar-refractivity contribution is 9.10. The van der Waals surface area contributed by atoms with Crippen LogP contribution in [0, 0.1) is 11.3 Å². The maximum absolute atomic E-state index is 8.51. The van der Waals surface area contributed by atoms with Gasteiger partial charge in [0, 0.05) is 17.1 Å². The van der Waals surface area contributed by atoms with Crippen LogP contribution in [0.4, 0.5) is 11.6 Å². The third kappa shape index (κ3) is 4.52. The van der Waals surface area contributed by atoms with E-state index in [0.717, 1.165) is 23.3 Å². The lowest BCUT2D eigenvalue weighted by atomic mass is 10.1. The van der Waals surface area contributed by atoms with Gasteiger partial charge >= 0.3 is 0 Å². The van der Waals surface area contributed by atoms with Crippen molar-refractivity contribution >= 4 is 27.6 Å². The Hall–Kier alpha value is -2.13. The fourth-order valence-corrected chi connectivity index (χ4v) is 1.93. The van der Waals surface area contributed by atoms with Crippen LogP contribution in [0.1, 0.15) is 5.56 Å². The zero-order valence-electron chi connectivity index (χ0n) is 10.8. The summed E-state index contributed by atoms with van der Waals surface area (Å²) in [5.41, 5.74) is 1.26. The van der Waals surface area contributed by atoms with Gasteiger partial charge in [0.25, 0.3) is 0 Å². The molecule has 102 valence electrons. The van der Waals surface area contributed by atoms with Crippen molar-refractivity contribution in [2.24, 2.45) is 0 Å². The highest BCUT2D eigenvalue weighted by atomic mass is 79.9. The maximum atomic E-state index is 8.51. The minimum Gasteiger partial charge on any atom is -0.370 e. The molecule has 1 heterocycles. The van der Waals surface area contributed by atoms with E-state index in [2.05, 4.69) is 48.7 Å². The molecule has 1 aromatic carbocycles. The molecule has 2 rings (SSSR count). The summed E-state index contributed by atoms with van der Waals surface area (Å²) in [4.78, 5) is 8.17. The van der Waals surface area contributed by atoms with Gasteiger partial charge in [-0.15, -0.1) is 0 Å². The van der Waals surface area contributed by atoms with Gasteiger partial charge in [-0.1, -0.05) is 28.1 Å². The number of aromatic nitrogens is 2. The fourth-order valence-electron chi connectivity index (χ4n) is 1.67. The van der Waals surface area contributed by atoms with Crippen LogP contribution in [-0.4, -0.2) is 23.1 Å². The molecule has 0 atom stereocenters. The second kappa shape index (κ2) is 7.46. The van der Waals surface area contributed by atoms with Gasteiger partial charge in [-0.25, -0.2) is 9.97 Å². The number of anilines is 2. The summed E-state index contributed by atoms with van der Waals surface area (Å²) in [5, 5.41) is 14.6. The Morgan fingerprint density at radius 2 is 1.80 bits per heavy atom. The molecule has 0 aliphatic rings. The van der Waals surface area contributed by atoms with Crippen LogP contribution in [0.25, 0.3) is 0 Å². The van der Waals surface area contributed by atoms with Crippen molar-refractivity contribution in [3.63, 3.8) is 0 Å². The van der Waals surface area contributed by atoms with Crippen molar-refractivity contribution < 1.29 is 0 Å². The zero-order valence-corrected chi connectivity index (χ0v) is 12.4. The predicted octanol–water partition coefficient (Wildman–Crippen LogP) is 2.83. The molecule has 0 saturated heterocycles. The van der Waals surface area contributed by atoms with Crippen LogP contribution in [0.3, 0.4) is 0 Å². The van der Waals surface area contributed by atoms with Crippen LogP contribution in [-0.2, 0) is 6.42 Å². The van der Waals surface area contributed by atoms with Crippen molar-refractivity contribution in [1.29, 1.82) is 5.26 Å². The second-order valence-electron chi connectivity index (χ2n) is 4.10. The monoisotopic (exact) mass is 331 g/mol. The van der Waals surface area contributed by atoms with Crippen LogP contribution < -0.4 is 10.6 Å². The van der Waals surface area contributed by atoms with Gasteiger partial charge in [0.05, 0.1) is 6.07 Å². The van der Waals surface area contributed by atoms with Gasteiger partial charge < -0.3 is 10.6 Å². The van der Waals surface area contributed by atoms with E-state index in [1.54, 1.807) is 6.07 Å². The van der Waals surface area contributed by atoms with E-state index >= 15 is 0 Å². The summed E-state index contributed by atoms with van der Waals surface area (Å²) in [7, 11) is 0. The molecule has 0 unspecified atom stereocenters. The molecule has 0 saturated carbocycles. The average Bonchev–Trinajstić information content (AvgIpc) is 2.48. The molecule has 2 aromatic rings. The molecule has 0 spiro atoms. The number of benzene rings is 1. The van der Waals surface area contributed by atoms with Gasteiger partial charge in [-0.2, -0.15) is 5.26 Å². The molecule has 0 bridgehead atoms. The van der Waals surface area contributed by atoms with Crippen molar-refractivity contribution in [2.75, 3.05) is 23.7 Å². The Labute approximate surface area is 126 Å². The molecule has 0 fully saturated rings. The Morgan fingerprint density at radius 3 is 2.50 bits per heavy atom. The van der Waals surface area contributed by atoms with E-state index in [1.807, 2.05) is 18.2 Å². The summed E-state index contributed by atoms with van der Waals surface area (Å²) in [6.45, 7) is 1.02. The summed E-state index contributed by atoms with van der Waals surface area (Å²) >= 11 is 3.42. The quantitative estimate of drug-likeness (QED) is 0.796. The van der Waals surface area contributed by atoms with E-state index in [9.17, 15) is 0 Å². The van der Waals surface area contributed by atoms with Gasteiger partial charge in [-0.3, -0.25) is 0 Å². The first-order valence-electron chi connectivity index (χ1n) is 6.19. The van der Waals surface area contributed by atoms with Gasteiger partial charge in [0.1, 0.15) is 24.5 Å². The summed E-state index contributed by atoms with van der Waals surface area (Å²) in [6.07, 6.45) is 2.39. The molecule has 20 heavy (non-hydrogen) atoms. The highest BCUT2D eigenvalue weighted by Gasteiger charge is 1.98. The summed E-state index contributed by atoms with van der Waals surface area (Å²) in [5.74, 6) is 1.39. The first-order chi connectivity index (χ1) is 9.78. The number of halogens is 1. The lowest BCUT2D eigenvalue weighted by molar-refractivity contribution is 0.998. The van der Waals surface area contributed by atoms with Gasteiger partial charge in [-0.05, 0) is 24.1 Å². The predicted molar refractivity (Wildman–Crippen MR) is 82.5 cm³/mol. The molecule has 0 aliphatic heterocycles. The summed E-state index contributed by atoms with van der Waals surface area (Å²) < 4.78 is 1.08. The molecule has 1 aromatic heterocycles. The Kier molecular flexibility index (Phi) is 5.33. The van der Waals surface area contributed by atoms with E-state index in [1.165, 1.54) is 11.9 Å². The Morgan fingerprint density at radius 1 is 1.10 bits per heavy atom. The molecule has 0 radical (unpaired) electrons. The van der Waals surface area contributed by atoms with Crippen LogP contribution in [0.15, 0.2) is 41.1 Å². The topological polar surface area (TPSA) is 73.6 Å². The molecule has 6 heteroatoms. The smallest absolute Gasteiger partial charge is 0.132 e. The van der Waals surface area contributed by atoms with Crippen LogP contribution in [0.5, 0.6) is 0 Å². The molecule has 2 N–H and O–H groups in total. The Balaban J connectivity index is 1.84. The first kappa shape index (κ1) is 14.3. The van der Waals surface area contributed by atoms with Crippen LogP contribution in [0.2, 0.25) is 0 Å². The number of nitrogens with zero attached hydrogens (tertiary/aromatic N) is 3. The van der Waals surface area contributed by atoms with Crippen LogP contribution >= 0.6 is 15.9 Å². The number of hydrogen-bond donors (Lipinski definition) is 2. The number of hydrogen-bond acceptors (Lipinski definition) is 5. The zero-order chi connectivity index (χ0) is 14.2. The first-order valence-corrected chi connectivity index (χ1v) is 6.98. The normalized spacial score (nSPS) is 9.80. The summed E-state index contributed by atoms with van der Waals surface area (Å²) in [6, 6.07) is 12.0. The van der Waals surface area contributed by atoms with Gasteiger partial charge in [0.15, 0.2) is 0 Å². The lowest BCUT2D eigenvalue weighted by Crippen LogP contribution is -2.08. The fraction of sp³-hybridized carbons (Fsp3) is 0.214. The van der Waals surface area contributed by atoms with E-state index in [0.29, 0.717) is 5.82 Å². The van der Waals surface area contributed by atoms with Crippen molar-refractivity contribution in [1.82, 2.24) is 9.97 Å². The molecular formula is C14H14BrN5. The molecule has 0 amide bonds. The van der Waals surface area contributed by atoms with E-state index in [-0.39, 0.29) is 6.54 Å². The van der Waals surface area contributed by atoms with E-state index < -0.39 is 0 Å². The van der Waals surface area contributed by atoms with E-state index in [4.69, 9.17) is 5.26 Å². The number of rotatable bonds is 6. The third-order valence-electron chi connectivity index (χ3n) is 2.65. The molecule has 5 nitrogen and oxygen atoms in total. The molecule has 0 aliphatic carbocycles. The highest BCUT2D eigenvalue weighted by Crippen LogP contribution is 2.12. The van der Waals surface area contributed by atoms with Gasteiger partial charge in [0.2, 0.25) is 0 Å². The minimum atomic E-state index is 0.231. The standard InChI is InChI=1S/C14H14BrN5/c15-12-3-1-11(2-4-12)5-7-17-13-9-14(18-8-6-16)20-10-19-13/h1-4,9-10H,5,7-8H2,(H2,17,18,19,20). The third-order valence-corrected chi connectivity index (χ3v) is 3.18. The number of nitrogens with one attached hydrogen (secondary N) is 2.